The van der Waals surface area contributed by atoms with E-state index >= 15 is 0 Å². The average Bonchev–Trinajstić information content (AvgIpc) is 2.19. The number of nitrogens with zero attached hydrogens (tertiary/aromatic N) is 1. The molecular weight excluding hydrogens is 206 g/mol. The van der Waals surface area contributed by atoms with Gasteiger partial charge in [0.2, 0.25) is 0 Å². The molecule has 1 aliphatic heterocycles. The SMILES string of the molecule is CCCCCCN1C=CC=C(C)C1C.Cl. The summed E-state index contributed by atoms with van der Waals surface area (Å²) in [5.41, 5.74) is 1.47. The average molecular weight is 230 g/mol. The molecule has 0 bridgehead atoms. The van der Waals surface area contributed by atoms with E-state index < -0.39 is 0 Å². The van der Waals surface area contributed by atoms with E-state index in [4.69, 9.17) is 0 Å². The number of hydrogen-bond acceptors (Lipinski definition) is 1. The summed E-state index contributed by atoms with van der Waals surface area (Å²) in [5.74, 6) is 0. The van der Waals surface area contributed by atoms with Crippen LogP contribution < -0.4 is 0 Å². The Morgan fingerprint density at radius 2 is 2.00 bits per heavy atom. The molecule has 1 rings (SSSR count). The zero-order valence-electron chi connectivity index (χ0n) is 10.2. The molecule has 2 heteroatoms. The summed E-state index contributed by atoms with van der Waals surface area (Å²) >= 11 is 0. The monoisotopic (exact) mass is 229 g/mol. The smallest absolute Gasteiger partial charge is 0.0468 e. The Hall–Kier alpha value is -0.430. The van der Waals surface area contributed by atoms with Crippen LogP contribution in [0.3, 0.4) is 0 Å². The molecule has 0 radical (unpaired) electrons. The van der Waals surface area contributed by atoms with E-state index in [1.54, 1.807) is 0 Å². The van der Waals surface area contributed by atoms with Crippen LogP contribution in [0.25, 0.3) is 0 Å². The first kappa shape index (κ1) is 14.6. The fraction of sp³-hybridized carbons (Fsp3) is 0.692. The maximum atomic E-state index is 2.45. The zero-order valence-corrected chi connectivity index (χ0v) is 11.0. The lowest BCUT2D eigenvalue weighted by Gasteiger charge is -2.30. The lowest BCUT2D eigenvalue weighted by atomic mass is 10.1. The number of hydrogen-bond donors (Lipinski definition) is 0. The van der Waals surface area contributed by atoms with Crippen molar-refractivity contribution < 1.29 is 0 Å². The summed E-state index contributed by atoms with van der Waals surface area (Å²) < 4.78 is 0. The van der Waals surface area contributed by atoms with Crippen molar-refractivity contribution in [3.8, 4) is 0 Å². The molecule has 1 atom stereocenters. The second kappa shape index (κ2) is 7.81. The fourth-order valence-corrected chi connectivity index (χ4v) is 1.82. The molecule has 0 aromatic heterocycles. The normalized spacial score (nSPS) is 19.8. The van der Waals surface area contributed by atoms with Gasteiger partial charge in [0.15, 0.2) is 0 Å². The third kappa shape index (κ3) is 4.74. The first-order valence-electron chi connectivity index (χ1n) is 5.86. The van der Waals surface area contributed by atoms with Crippen LogP contribution in [0.1, 0.15) is 46.5 Å². The highest BCUT2D eigenvalue weighted by Crippen LogP contribution is 2.16. The molecule has 1 heterocycles. The second-order valence-electron chi connectivity index (χ2n) is 4.23. The van der Waals surface area contributed by atoms with Crippen LogP contribution >= 0.6 is 12.4 Å². The van der Waals surface area contributed by atoms with E-state index in [0.29, 0.717) is 6.04 Å². The topological polar surface area (TPSA) is 3.24 Å². The van der Waals surface area contributed by atoms with E-state index in [1.165, 1.54) is 37.8 Å². The predicted octanol–water partition coefficient (Wildman–Crippen LogP) is 4.15. The van der Waals surface area contributed by atoms with Gasteiger partial charge in [0.25, 0.3) is 0 Å². The second-order valence-corrected chi connectivity index (χ2v) is 4.23. The van der Waals surface area contributed by atoms with Crippen LogP contribution in [0.5, 0.6) is 0 Å². The summed E-state index contributed by atoms with van der Waals surface area (Å²) in [6.45, 7) is 7.97. The Labute approximate surface area is 101 Å². The molecule has 0 saturated carbocycles. The molecular formula is C13H24ClN. The highest BCUT2D eigenvalue weighted by atomic mass is 35.5. The van der Waals surface area contributed by atoms with Crippen molar-refractivity contribution in [2.45, 2.75) is 52.5 Å². The van der Waals surface area contributed by atoms with Gasteiger partial charge >= 0.3 is 0 Å². The summed E-state index contributed by atoms with van der Waals surface area (Å²) in [6.07, 6.45) is 12.0. The lowest BCUT2D eigenvalue weighted by molar-refractivity contribution is 0.311. The molecule has 0 amide bonds. The van der Waals surface area contributed by atoms with Gasteiger partial charge in [0.05, 0.1) is 0 Å². The Balaban J connectivity index is 0.00000196. The van der Waals surface area contributed by atoms with Gasteiger partial charge in [-0.1, -0.05) is 37.8 Å². The minimum atomic E-state index is 0. The van der Waals surface area contributed by atoms with Gasteiger partial charge in [0.1, 0.15) is 0 Å². The number of allylic oxidation sites excluding steroid dienone is 2. The van der Waals surface area contributed by atoms with Gasteiger partial charge in [-0.15, -0.1) is 12.4 Å². The third-order valence-corrected chi connectivity index (χ3v) is 3.06. The third-order valence-electron chi connectivity index (χ3n) is 3.06. The molecule has 0 aromatic carbocycles. The van der Waals surface area contributed by atoms with E-state index in [0.717, 1.165) is 0 Å². The molecule has 1 unspecified atom stereocenters. The molecule has 0 N–H and O–H groups in total. The van der Waals surface area contributed by atoms with Crippen molar-refractivity contribution in [2.75, 3.05) is 6.54 Å². The molecule has 15 heavy (non-hydrogen) atoms. The van der Waals surface area contributed by atoms with E-state index in [2.05, 4.69) is 44.0 Å². The summed E-state index contributed by atoms with van der Waals surface area (Å²) in [7, 11) is 0. The fourth-order valence-electron chi connectivity index (χ4n) is 1.82. The van der Waals surface area contributed by atoms with Crippen molar-refractivity contribution >= 4 is 12.4 Å². The van der Waals surface area contributed by atoms with E-state index in [9.17, 15) is 0 Å². The van der Waals surface area contributed by atoms with Gasteiger partial charge in [0, 0.05) is 12.6 Å². The van der Waals surface area contributed by atoms with Crippen molar-refractivity contribution in [3.05, 3.63) is 23.9 Å². The molecule has 0 saturated heterocycles. The highest BCUT2D eigenvalue weighted by molar-refractivity contribution is 5.85. The molecule has 88 valence electrons. The van der Waals surface area contributed by atoms with Gasteiger partial charge in [-0.2, -0.15) is 0 Å². The van der Waals surface area contributed by atoms with Crippen molar-refractivity contribution in [2.24, 2.45) is 0 Å². The van der Waals surface area contributed by atoms with Crippen LogP contribution in [-0.2, 0) is 0 Å². The van der Waals surface area contributed by atoms with E-state index in [-0.39, 0.29) is 12.4 Å². The Kier molecular flexibility index (Phi) is 7.59. The summed E-state index contributed by atoms with van der Waals surface area (Å²) in [6, 6.07) is 0.599. The van der Waals surface area contributed by atoms with Gasteiger partial charge < -0.3 is 4.90 Å². The zero-order chi connectivity index (χ0) is 10.4. The minimum Gasteiger partial charge on any atom is -0.371 e. The summed E-state index contributed by atoms with van der Waals surface area (Å²) in [4.78, 5) is 2.45. The Morgan fingerprint density at radius 3 is 2.67 bits per heavy atom. The molecule has 0 spiro atoms. The first-order chi connectivity index (χ1) is 6.75. The van der Waals surface area contributed by atoms with E-state index in [1.807, 2.05) is 0 Å². The quantitative estimate of drug-likeness (QED) is 0.641. The standard InChI is InChI=1S/C13H23N.ClH/c1-4-5-6-7-10-14-11-8-9-12(2)13(14)3;/h8-9,11,13H,4-7,10H2,1-3H3;1H. The van der Waals surface area contributed by atoms with Crippen LogP contribution in [-0.4, -0.2) is 17.5 Å². The predicted molar refractivity (Wildman–Crippen MR) is 70.5 cm³/mol. The highest BCUT2D eigenvalue weighted by Gasteiger charge is 2.12. The lowest BCUT2D eigenvalue weighted by Crippen LogP contribution is -2.31. The largest absolute Gasteiger partial charge is 0.371 e. The van der Waals surface area contributed by atoms with Gasteiger partial charge in [-0.25, -0.2) is 0 Å². The first-order valence-corrected chi connectivity index (χ1v) is 5.86. The van der Waals surface area contributed by atoms with Crippen molar-refractivity contribution in [1.82, 2.24) is 4.90 Å². The minimum absolute atomic E-state index is 0. The number of unbranched alkanes of at least 4 members (excludes halogenated alkanes) is 3. The molecule has 0 fully saturated rings. The van der Waals surface area contributed by atoms with Crippen LogP contribution in [0, 0.1) is 0 Å². The molecule has 0 aliphatic carbocycles. The van der Waals surface area contributed by atoms with Crippen molar-refractivity contribution in [1.29, 1.82) is 0 Å². The van der Waals surface area contributed by atoms with Gasteiger partial charge in [-0.05, 0) is 32.5 Å². The van der Waals surface area contributed by atoms with Crippen molar-refractivity contribution in [3.63, 3.8) is 0 Å². The number of rotatable bonds is 5. The Bertz CT molecular complexity index is 221. The number of halogens is 1. The summed E-state index contributed by atoms with van der Waals surface area (Å²) in [5, 5.41) is 0. The molecule has 1 aliphatic rings. The maximum Gasteiger partial charge on any atom is 0.0468 e. The molecule has 0 aromatic rings. The maximum absolute atomic E-state index is 2.45. The van der Waals surface area contributed by atoms with Crippen LogP contribution in [0.2, 0.25) is 0 Å². The Morgan fingerprint density at radius 1 is 1.27 bits per heavy atom. The van der Waals surface area contributed by atoms with Gasteiger partial charge in [-0.3, -0.25) is 0 Å². The van der Waals surface area contributed by atoms with Crippen LogP contribution in [0.15, 0.2) is 23.9 Å². The van der Waals surface area contributed by atoms with Crippen LogP contribution in [0.4, 0.5) is 0 Å². The molecule has 1 nitrogen and oxygen atoms in total.